The third-order valence-corrected chi connectivity index (χ3v) is 2.91. The lowest BCUT2D eigenvalue weighted by Gasteiger charge is -2.20. The van der Waals surface area contributed by atoms with Gasteiger partial charge < -0.3 is 16.3 Å². The van der Waals surface area contributed by atoms with Gasteiger partial charge in [-0.2, -0.15) is 0 Å². The first-order chi connectivity index (χ1) is 9.69. The van der Waals surface area contributed by atoms with Gasteiger partial charge in [0.25, 0.3) is 0 Å². The van der Waals surface area contributed by atoms with Gasteiger partial charge >= 0.3 is 0 Å². The van der Waals surface area contributed by atoms with E-state index in [-0.39, 0.29) is 17.7 Å². The quantitative estimate of drug-likeness (QED) is 0.339. The lowest BCUT2D eigenvalue weighted by atomic mass is 10.0. The molecule has 1 unspecified atom stereocenters. The first kappa shape index (κ1) is 13.9. The summed E-state index contributed by atoms with van der Waals surface area (Å²) in [5.41, 5.74) is 7.20. The Bertz CT molecular complexity index is 587. The average Bonchev–Trinajstić information content (AvgIpc) is 2.47. The Kier molecular flexibility index (Phi) is 4.55. The fourth-order valence-corrected chi connectivity index (χ4v) is 1.97. The standard InChI is InChI=1S/C15H16FN3O/c16-12-7-4-8-13(9-12)18-14(10-15(17)19-20)11-5-2-1-3-6-11/h1-9,14,18,20H,10H2,(H2,17,19). The molecule has 0 aliphatic heterocycles. The Hall–Kier alpha value is -2.56. The van der Waals surface area contributed by atoms with Crippen LogP contribution >= 0.6 is 0 Å². The third-order valence-electron chi connectivity index (χ3n) is 2.91. The predicted molar refractivity (Wildman–Crippen MR) is 77.2 cm³/mol. The van der Waals surface area contributed by atoms with Gasteiger partial charge in [-0.15, -0.1) is 0 Å². The number of oxime groups is 1. The Labute approximate surface area is 116 Å². The molecule has 5 heteroatoms. The number of hydrogen-bond acceptors (Lipinski definition) is 3. The number of nitrogens with two attached hydrogens (primary N) is 1. The van der Waals surface area contributed by atoms with E-state index in [1.807, 2.05) is 30.3 Å². The second-order valence-electron chi connectivity index (χ2n) is 4.41. The summed E-state index contributed by atoms with van der Waals surface area (Å²) in [6.45, 7) is 0. The van der Waals surface area contributed by atoms with E-state index in [9.17, 15) is 4.39 Å². The van der Waals surface area contributed by atoms with Crippen molar-refractivity contribution in [3.63, 3.8) is 0 Å². The Balaban J connectivity index is 2.23. The normalized spacial score (nSPS) is 12.9. The molecule has 0 fully saturated rings. The molecule has 4 nitrogen and oxygen atoms in total. The van der Waals surface area contributed by atoms with Crippen LogP contribution in [0, 0.1) is 5.82 Å². The summed E-state index contributed by atoms with van der Waals surface area (Å²) in [5, 5.41) is 14.9. The number of nitrogens with zero attached hydrogens (tertiary/aromatic N) is 1. The predicted octanol–water partition coefficient (Wildman–Crippen LogP) is 3.12. The van der Waals surface area contributed by atoms with E-state index in [4.69, 9.17) is 10.9 Å². The summed E-state index contributed by atoms with van der Waals surface area (Å²) in [6, 6.07) is 15.6. The first-order valence-electron chi connectivity index (χ1n) is 6.22. The Morgan fingerprint density at radius 3 is 2.60 bits per heavy atom. The van der Waals surface area contributed by atoms with Crippen LogP contribution in [0.2, 0.25) is 0 Å². The van der Waals surface area contributed by atoms with E-state index in [0.717, 1.165) is 5.56 Å². The summed E-state index contributed by atoms with van der Waals surface area (Å²) >= 11 is 0. The zero-order valence-corrected chi connectivity index (χ0v) is 10.8. The lowest BCUT2D eigenvalue weighted by Crippen LogP contribution is -2.21. The molecule has 104 valence electrons. The minimum absolute atomic E-state index is 0.114. The van der Waals surface area contributed by atoms with Crippen molar-refractivity contribution in [3.05, 3.63) is 66.0 Å². The van der Waals surface area contributed by atoms with E-state index in [2.05, 4.69) is 10.5 Å². The highest BCUT2D eigenvalue weighted by Gasteiger charge is 2.13. The zero-order valence-electron chi connectivity index (χ0n) is 10.8. The van der Waals surface area contributed by atoms with Gasteiger partial charge in [-0.1, -0.05) is 41.6 Å². The molecule has 0 heterocycles. The van der Waals surface area contributed by atoms with Crippen molar-refractivity contribution in [1.29, 1.82) is 0 Å². The van der Waals surface area contributed by atoms with Crippen LogP contribution in [0.4, 0.5) is 10.1 Å². The highest BCUT2D eigenvalue weighted by molar-refractivity contribution is 5.80. The summed E-state index contributed by atoms with van der Waals surface area (Å²) < 4.78 is 13.2. The number of amidine groups is 1. The SMILES string of the molecule is NC(CC(Nc1cccc(F)c1)c1ccccc1)=NO. The molecular formula is C15H16FN3O. The van der Waals surface area contributed by atoms with Gasteiger partial charge in [0, 0.05) is 12.1 Å². The smallest absolute Gasteiger partial charge is 0.141 e. The minimum atomic E-state index is -0.314. The molecule has 0 amide bonds. The van der Waals surface area contributed by atoms with E-state index in [1.54, 1.807) is 12.1 Å². The van der Waals surface area contributed by atoms with Crippen LogP contribution in [0.3, 0.4) is 0 Å². The van der Waals surface area contributed by atoms with Crippen molar-refractivity contribution in [2.24, 2.45) is 10.9 Å². The number of halogens is 1. The van der Waals surface area contributed by atoms with E-state index >= 15 is 0 Å². The Morgan fingerprint density at radius 1 is 1.20 bits per heavy atom. The molecule has 2 rings (SSSR count). The zero-order chi connectivity index (χ0) is 14.4. The second kappa shape index (κ2) is 6.56. The van der Waals surface area contributed by atoms with Gasteiger partial charge in [0.15, 0.2) is 0 Å². The maximum absolute atomic E-state index is 13.2. The van der Waals surface area contributed by atoms with E-state index in [0.29, 0.717) is 12.1 Å². The molecule has 4 N–H and O–H groups in total. The molecule has 2 aromatic carbocycles. The molecule has 0 bridgehead atoms. The average molecular weight is 273 g/mol. The van der Waals surface area contributed by atoms with Crippen molar-refractivity contribution in [1.82, 2.24) is 0 Å². The van der Waals surface area contributed by atoms with Gasteiger partial charge in [-0.05, 0) is 23.8 Å². The highest BCUT2D eigenvalue weighted by atomic mass is 19.1. The molecule has 0 saturated heterocycles. The largest absolute Gasteiger partial charge is 0.409 e. The molecule has 0 radical (unpaired) electrons. The van der Waals surface area contributed by atoms with Gasteiger partial charge in [-0.25, -0.2) is 4.39 Å². The fourth-order valence-electron chi connectivity index (χ4n) is 1.97. The Morgan fingerprint density at radius 2 is 1.95 bits per heavy atom. The number of hydrogen-bond donors (Lipinski definition) is 3. The monoisotopic (exact) mass is 273 g/mol. The van der Waals surface area contributed by atoms with Gasteiger partial charge in [0.05, 0.1) is 6.04 Å². The number of anilines is 1. The van der Waals surface area contributed by atoms with E-state index in [1.165, 1.54) is 12.1 Å². The molecule has 0 aliphatic rings. The second-order valence-corrected chi connectivity index (χ2v) is 4.41. The molecular weight excluding hydrogens is 257 g/mol. The molecule has 0 saturated carbocycles. The van der Waals surface area contributed by atoms with Gasteiger partial charge in [-0.3, -0.25) is 0 Å². The lowest BCUT2D eigenvalue weighted by molar-refractivity contribution is 0.316. The minimum Gasteiger partial charge on any atom is -0.409 e. The van der Waals surface area contributed by atoms with Gasteiger partial charge in [0.1, 0.15) is 11.7 Å². The van der Waals surface area contributed by atoms with Crippen LogP contribution < -0.4 is 11.1 Å². The van der Waals surface area contributed by atoms with Crippen molar-refractivity contribution < 1.29 is 9.60 Å². The van der Waals surface area contributed by atoms with E-state index < -0.39 is 0 Å². The summed E-state index contributed by atoms with van der Waals surface area (Å²) in [6.07, 6.45) is 0.316. The number of nitrogens with one attached hydrogen (secondary N) is 1. The molecule has 0 aromatic heterocycles. The van der Waals surface area contributed by atoms with Crippen molar-refractivity contribution >= 4 is 11.5 Å². The summed E-state index contributed by atoms with van der Waals surface area (Å²) in [5.74, 6) is -0.201. The fraction of sp³-hybridized carbons (Fsp3) is 0.133. The van der Waals surface area contributed by atoms with Crippen LogP contribution in [0.1, 0.15) is 18.0 Å². The van der Waals surface area contributed by atoms with Crippen LogP contribution in [-0.4, -0.2) is 11.0 Å². The molecule has 1 atom stereocenters. The maximum Gasteiger partial charge on any atom is 0.141 e. The van der Waals surface area contributed by atoms with Crippen LogP contribution in [0.15, 0.2) is 59.8 Å². The summed E-state index contributed by atoms with van der Waals surface area (Å²) in [4.78, 5) is 0. The van der Waals surface area contributed by atoms with Crippen molar-refractivity contribution in [2.75, 3.05) is 5.32 Å². The van der Waals surface area contributed by atoms with Crippen molar-refractivity contribution in [2.45, 2.75) is 12.5 Å². The van der Waals surface area contributed by atoms with Gasteiger partial charge in [0.2, 0.25) is 0 Å². The molecule has 20 heavy (non-hydrogen) atoms. The first-order valence-corrected chi connectivity index (χ1v) is 6.22. The number of benzene rings is 2. The highest BCUT2D eigenvalue weighted by Crippen LogP contribution is 2.23. The van der Waals surface area contributed by atoms with Crippen LogP contribution in [0.5, 0.6) is 0 Å². The van der Waals surface area contributed by atoms with Crippen LogP contribution in [-0.2, 0) is 0 Å². The van der Waals surface area contributed by atoms with Crippen LogP contribution in [0.25, 0.3) is 0 Å². The number of rotatable bonds is 5. The molecule has 0 aliphatic carbocycles. The van der Waals surface area contributed by atoms with Crippen molar-refractivity contribution in [3.8, 4) is 0 Å². The maximum atomic E-state index is 13.2. The summed E-state index contributed by atoms with van der Waals surface area (Å²) in [7, 11) is 0. The molecule has 0 spiro atoms. The topological polar surface area (TPSA) is 70.6 Å². The third kappa shape index (κ3) is 3.71. The molecule has 2 aromatic rings.